The quantitative estimate of drug-likeness (QED) is 0.673. The van der Waals surface area contributed by atoms with Gasteiger partial charge in [0, 0.05) is 0 Å². The summed E-state index contributed by atoms with van der Waals surface area (Å²) in [6.07, 6.45) is 8.92. The molecule has 0 heteroatoms. The van der Waals surface area contributed by atoms with Crippen molar-refractivity contribution >= 4 is 0 Å². The molecular formula is C20H20. The van der Waals surface area contributed by atoms with Crippen LogP contribution in [0.4, 0.5) is 0 Å². The van der Waals surface area contributed by atoms with Crippen molar-refractivity contribution in [1.29, 1.82) is 0 Å². The number of benzene rings is 2. The van der Waals surface area contributed by atoms with Crippen LogP contribution >= 0.6 is 0 Å². The van der Waals surface area contributed by atoms with E-state index in [1.54, 1.807) is 0 Å². The molecule has 2 aromatic carbocycles. The van der Waals surface area contributed by atoms with E-state index < -0.39 is 0 Å². The van der Waals surface area contributed by atoms with Crippen LogP contribution in [0, 0.1) is 17.8 Å². The normalized spacial score (nSPS) is 27.1. The van der Waals surface area contributed by atoms with Crippen LogP contribution in [-0.2, 0) is 6.42 Å². The van der Waals surface area contributed by atoms with Gasteiger partial charge in [0.2, 0.25) is 0 Å². The maximum atomic E-state index is 2.46. The fraction of sp³-hybridized carbons (Fsp3) is 0.300. The molecule has 0 saturated heterocycles. The molecule has 0 aromatic heterocycles. The van der Waals surface area contributed by atoms with Crippen molar-refractivity contribution in [2.75, 3.05) is 0 Å². The van der Waals surface area contributed by atoms with Crippen LogP contribution in [0.2, 0.25) is 0 Å². The standard InChI is InChI=1S/C20H20/c1-2-6-16(7-3-1)20-9-5-4-8-18(20)14-19-13-15-10-11-17(19)12-15/h1-11,15,17,19H,12-14H2. The second-order valence-electron chi connectivity index (χ2n) is 6.27. The zero-order valence-electron chi connectivity index (χ0n) is 11.7. The lowest BCUT2D eigenvalue weighted by Crippen LogP contribution is -2.10. The second-order valence-corrected chi connectivity index (χ2v) is 6.27. The van der Waals surface area contributed by atoms with Gasteiger partial charge < -0.3 is 0 Å². The lowest BCUT2D eigenvalue weighted by atomic mass is 9.85. The van der Waals surface area contributed by atoms with Gasteiger partial charge in [-0.1, -0.05) is 66.7 Å². The third kappa shape index (κ3) is 2.10. The van der Waals surface area contributed by atoms with Gasteiger partial charge in [-0.25, -0.2) is 0 Å². The molecule has 0 aliphatic heterocycles. The first-order valence-corrected chi connectivity index (χ1v) is 7.72. The van der Waals surface area contributed by atoms with Crippen molar-refractivity contribution < 1.29 is 0 Å². The summed E-state index contributed by atoms with van der Waals surface area (Å²) < 4.78 is 0. The molecule has 20 heavy (non-hydrogen) atoms. The molecule has 3 atom stereocenters. The molecule has 0 amide bonds. The number of fused-ring (bicyclic) bond motifs is 2. The first-order chi connectivity index (χ1) is 9.90. The van der Waals surface area contributed by atoms with E-state index in [9.17, 15) is 0 Å². The van der Waals surface area contributed by atoms with E-state index in [2.05, 4.69) is 66.7 Å². The molecule has 1 saturated carbocycles. The molecule has 0 N–H and O–H groups in total. The molecule has 3 unspecified atom stereocenters. The summed E-state index contributed by atoms with van der Waals surface area (Å²) in [6, 6.07) is 19.7. The average molecular weight is 260 g/mol. The Bertz CT molecular complexity index is 623. The van der Waals surface area contributed by atoms with E-state index in [-0.39, 0.29) is 0 Å². The minimum absolute atomic E-state index is 0.837. The number of hydrogen-bond acceptors (Lipinski definition) is 0. The van der Waals surface area contributed by atoms with Gasteiger partial charge in [-0.2, -0.15) is 0 Å². The summed E-state index contributed by atoms with van der Waals surface area (Å²) in [5.74, 6) is 2.56. The zero-order chi connectivity index (χ0) is 13.4. The minimum Gasteiger partial charge on any atom is -0.0851 e. The second kappa shape index (κ2) is 4.94. The number of allylic oxidation sites excluding steroid dienone is 2. The molecule has 2 aliphatic rings. The molecule has 0 nitrogen and oxygen atoms in total. The molecular weight excluding hydrogens is 240 g/mol. The molecule has 1 fully saturated rings. The lowest BCUT2D eigenvalue weighted by Gasteiger charge is -2.20. The van der Waals surface area contributed by atoms with E-state index in [0.717, 1.165) is 17.8 Å². The van der Waals surface area contributed by atoms with Gasteiger partial charge in [0.25, 0.3) is 0 Å². The molecule has 2 bridgehead atoms. The van der Waals surface area contributed by atoms with Crippen LogP contribution in [0.3, 0.4) is 0 Å². The topological polar surface area (TPSA) is 0 Å². The number of hydrogen-bond donors (Lipinski definition) is 0. The van der Waals surface area contributed by atoms with Crippen LogP contribution in [0.5, 0.6) is 0 Å². The largest absolute Gasteiger partial charge is 0.0851 e. The highest BCUT2D eigenvalue weighted by atomic mass is 14.4. The van der Waals surface area contributed by atoms with Crippen molar-refractivity contribution in [3.8, 4) is 11.1 Å². The van der Waals surface area contributed by atoms with Crippen molar-refractivity contribution in [3.05, 3.63) is 72.3 Å². The highest BCUT2D eigenvalue weighted by Gasteiger charge is 2.35. The van der Waals surface area contributed by atoms with Crippen LogP contribution in [-0.4, -0.2) is 0 Å². The molecule has 0 radical (unpaired) electrons. The Kier molecular flexibility index (Phi) is 2.95. The fourth-order valence-electron chi connectivity index (χ4n) is 4.01. The summed E-state index contributed by atoms with van der Waals surface area (Å²) in [5.41, 5.74) is 4.28. The summed E-state index contributed by atoms with van der Waals surface area (Å²) >= 11 is 0. The summed E-state index contributed by atoms with van der Waals surface area (Å²) in [4.78, 5) is 0. The van der Waals surface area contributed by atoms with Crippen molar-refractivity contribution in [1.82, 2.24) is 0 Å². The molecule has 0 heterocycles. The van der Waals surface area contributed by atoms with Crippen molar-refractivity contribution in [2.24, 2.45) is 17.8 Å². The van der Waals surface area contributed by atoms with Gasteiger partial charge in [0.1, 0.15) is 0 Å². The first-order valence-electron chi connectivity index (χ1n) is 7.72. The molecule has 2 aromatic rings. The highest BCUT2D eigenvalue weighted by molar-refractivity contribution is 5.67. The maximum absolute atomic E-state index is 2.46. The predicted molar refractivity (Wildman–Crippen MR) is 84.4 cm³/mol. The maximum Gasteiger partial charge on any atom is -0.0152 e. The summed E-state index contributed by atoms with van der Waals surface area (Å²) in [5, 5.41) is 0. The fourth-order valence-corrected chi connectivity index (χ4v) is 4.01. The average Bonchev–Trinajstić information content (AvgIpc) is 3.11. The smallest absolute Gasteiger partial charge is 0.0152 e. The molecule has 0 spiro atoms. The third-order valence-electron chi connectivity index (χ3n) is 5.00. The van der Waals surface area contributed by atoms with E-state index in [1.165, 1.54) is 36.0 Å². The van der Waals surface area contributed by atoms with E-state index in [4.69, 9.17) is 0 Å². The Morgan fingerprint density at radius 3 is 2.35 bits per heavy atom. The van der Waals surface area contributed by atoms with Gasteiger partial charge >= 0.3 is 0 Å². The first kappa shape index (κ1) is 12.0. The van der Waals surface area contributed by atoms with Gasteiger partial charge in [-0.3, -0.25) is 0 Å². The van der Waals surface area contributed by atoms with Crippen LogP contribution in [0.25, 0.3) is 11.1 Å². The third-order valence-corrected chi connectivity index (χ3v) is 5.00. The van der Waals surface area contributed by atoms with Crippen LogP contribution < -0.4 is 0 Å². The lowest BCUT2D eigenvalue weighted by molar-refractivity contribution is 0.446. The highest BCUT2D eigenvalue weighted by Crippen LogP contribution is 2.45. The zero-order valence-corrected chi connectivity index (χ0v) is 11.7. The predicted octanol–water partition coefficient (Wildman–Crippen LogP) is 5.11. The van der Waals surface area contributed by atoms with Gasteiger partial charge in [0.05, 0.1) is 0 Å². The Morgan fingerprint density at radius 1 is 0.800 bits per heavy atom. The van der Waals surface area contributed by atoms with Gasteiger partial charge in [-0.05, 0) is 53.7 Å². The van der Waals surface area contributed by atoms with E-state index in [1.807, 2.05) is 0 Å². The monoisotopic (exact) mass is 260 g/mol. The van der Waals surface area contributed by atoms with E-state index in [0.29, 0.717) is 0 Å². The van der Waals surface area contributed by atoms with Crippen molar-refractivity contribution in [3.63, 3.8) is 0 Å². The molecule has 4 rings (SSSR count). The van der Waals surface area contributed by atoms with Gasteiger partial charge in [0.15, 0.2) is 0 Å². The van der Waals surface area contributed by atoms with Crippen LogP contribution in [0.15, 0.2) is 66.7 Å². The Hall–Kier alpha value is -1.82. The number of rotatable bonds is 3. The SMILES string of the molecule is C1=CC2CC1CC2Cc1ccccc1-c1ccccc1. The Balaban J connectivity index is 1.64. The van der Waals surface area contributed by atoms with Crippen molar-refractivity contribution in [2.45, 2.75) is 19.3 Å². The summed E-state index contributed by atoms with van der Waals surface area (Å²) in [7, 11) is 0. The Labute approximate surface area is 121 Å². The summed E-state index contributed by atoms with van der Waals surface area (Å²) in [6.45, 7) is 0. The van der Waals surface area contributed by atoms with Gasteiger partial charge in [-0.15, -0.1) is 0 Å². The van der Waals surface area contributed by atoms with Crippen LogP contribution in [0.1, 0.15) is 18.4 Å². The molecule has 100 valence electrons. The minimum atomic E-state index is 0.837. The molecule has 2 aliphatic carbocycles. The van der Waals surface area contributed by atoms with E-state index >= 15 is 0 Å². The Morgan fingerprint density at radius 2 is 1.60 bits per heavy atom.